The Balaban J connectivity index is 1.62. The molecule has 1 fully saturated rings. The number of carbonyl (C=O) groups is 2. The van der Waals surface area contributed by atoms with E-state index in [4.69, 9.17) is 4.74 Å². The van der Waals surface area contributed by atoms with Crippen LogP contribution in [-0.4, -0.2) is 51.4 Å². The third-order valence-electron chi connectivity index (χ3n) is 4.79. The molecule has 2 N–H and O–H groups in total. The van der Waals surface area contributed by atoms with Crippen molar-refractivity contribution in [2.24, 2.45) is 0 Å². The molecule has 0 unspecified atom stereocenters. The van der Waals surface area contributed by atoms with Crippen molar-refractivity contribution in [1.82, 2.24) is 9.62 Å². The lowest BCUT2D eigenvalue weighted by atomic mass is 10.1. The van der Waals surface area contributed by atoms with Gasteiger partial charge in [0.05, 0.1) is 24.6 Å². The lowest BCUT2D eigenvalue weighted by molar-refractivity contribution is -0.137. The minimum Gasteiger partial charge on any atom is -0.370 e. The number of rotatable bonds is 6. The highest BCUT2D eigenvalue weighted by molar-refractivity contribution is 7.89. The number of nitrogens with one attached hydrogen (secondary N) is 2. The van der Waals surface area contributed by atoms with Gasteiger partial charge in [-0.15, -0.1) is 0 Å². The van der Waals surface area contributed by atoms with Crippen LogP contribution in [0.3, 0.4) is 0 Å². The van der Waals surface area contributed by atoms with Gasteiger partial charge in [0.15, 0.2) is 0 Å². The fourth-order valence-electron chi connectivity index (χ4n) is 3.32. The number of morpholine rings is 1. The van der Waals surface area contributed by atoms with E-state index in [0.717, 1.165) is 5.56 Å². The molecule has 2 amide bonds. The molecule has 1 atom stereocenters. The van der Waals surface area contributed by atoms with Gasteiger partial charge in [0.1, 0.15) is 6.10 Å². The molecule has 0 aromatic heterocycles. The van der Waals surface area contributed by atoms with Crippen LogP contribution in [0.2, 0.25) is 0 Å². The molecule has 0 radical (unpaired) electrons. The zero-order chi connectivity index (χ0) is 21.7. The number of hydrogen-bond acceptors (Lipinski definition) is 5. The normalized spacial score (nSPS) is 16.9. The third-order valence-corrected chi connectivity index (χ3v) is 6.35. The minimum absolute atomic E-state index is 0.0635. The second-order valence-electron chi connectivity index (χ2n) is 7.10. The Labute approximate surface area is 176 Å². The van der Waals surface area contributed by atoms with E-state index in [1.807, 2.05) is 30.3 Å². The molecular formula is C21H25N3O5S. The Morgan fingerprint density at radius 2 is 1.90 bits per heavy atom. The Kier molecular flexibility index (Phi) is 6.86. The van der Waals surface area contributed by atoms with Gasteiger partial charge in [0, 0.05) is 19.2 Å². The SMILES string of the molecule is CC(=O)Nc1ccc(S(=O)(=O)NCC(=O)N2CCO[C@@H](c3ccccc3)C2)c(C)c1. The van der Waals surface area contributed by atoms with Crippen LogP contribution < -0.4 is 10.0 Å². The maximum absolute atomic E-state index is 12.7. The molecular weight excluding hydrogens is 406 g/mol. The van der Waals surface area contributed by atoms with E-state index in [9.17, 15) is 18.0 Å². The minimum atomic E-state index is -3.88. The average Bonchev–Trinajstić information content (AvgIpc) is 2.72. The van der Waals surface area contributed by atoms with E-state index in [2.05, 4.69) is 10.0 Å². The maximum atomic E-state index is 12.7. The lowest BCUT2D eigenvalue weighted by Crippen LogP contribution is -2.46. The molecule has 2 aromatic rings. The first-order chi connectivity index (χ1) is 14.3. The summed E-state index contributed by atoms with van der Waals surface area (Å²) in [6.45, 7) is 3.84. The highest BCUT2D eigenvalue weighted by Crippen LogP contribution is 2.22. The molecule has 0 saturated carbocycles. The van der Waals surface area contributed by atoms with E-state index in [0.29, 0.717) is 30.9 Å². The van der Waals surface area contributed by atoms with Gasteiger partial charge in [-0.05, 0) is 36.2 Å². The number of benzene rings is 2. The molecule has 1 aliphatic rings. The average molecular weight is 432 g/mol. The van der Waals surface area contributed by atoms with Crippen molar-refractivity contribution >= 4 is 27.5 Å². The molecule has 9 heteroatoms. The molecule has 160 valence electrons. The van der Waals surface area contributed by atoms with Crippen molar-refractivity contribution < 1.29 is 22.7 Å². The van der Waals surface area contributed by atoms with E-state index in [-0.39, 0.29) is 29.4 Å². The van der Waals surface area contributed by atoms with Crippen LogP contribution in [0.4, 0.5) is 5.69 Å². The van der Waals surface area contributed by atoms with Gasteiger partial charge in [-0.3, -0.25) is 9.59 Å². The van der Waals surface area contributed by atoms with E-state index in [1.54, 1.807) is 17.9 Å². The molecule has 8 nitrogen and oxygen atoms in total. The van der Waals surface area contributed by atoms with Crippen molar-refractivity contribution in [2.45, 2.75) is 24.8 Å². The van der Waals surface area contributed by atoms with Crippen LogP contribution in [0.1, 0.15) is 24.2 Å². The quantitative estimate of drug-likeness (QED) is 0.726. The van der Waals surface area contributed by atoms with Gasteiger partial charge in [0.2, 0.25) is 21.8 Å². The zero-order valence-electron chi connectivity index (χ0n) is 16.9. The number of sulfonamides is 1. The topological polar surface area (TPSA) is 105 Å². The van der Waals surface area contributed by atoms with Crippen LogP contribution in [0.5, 0.6) is 0 Å². The molecule has 3 rings (SSSR count). The monoisotopic (exact) mass is 431 g/mol. The molecule has 30 heavy (non-hydrogen) atoms. The van der Waals surface area contributed by atoms with Gasteiger partial charge >= 0.3 is 0 Å². The van der Waals surface area contributed by atoms with Crippen molar-refractivity contribution in [3.8, 4) is 0 Å². The molecule has 0 spiro atoms. The Hall–Kier alpha value is -2.75. The summed E-state index contributed by atoms with van der Waals surface area (Å²) >= 11 is 0. The first-order valence-corrected chi connectivity index (χ1v) is 11.1. The Morgan fingerprint density at radius 3 is 2.57 bits per heavy atom. The van der Waals surface area contributed by atoms with Crippen LogP contribution >= 0.6 is 0 Å². The smallest absolute Gasteiger partial charge is 0.241 e. The largest absolute Gasteiger partial charge is 0.370 e. The summed E-state index contributed by atoms with van der Waals surface area (Å²) in [5, 5.41) is 2.61. The van der Waals surface area contributed by atoms with Crippen molar-refractivity contribution in [2.75, 3.05) is 31.6 Å². The third kappa shape index (κ3) is 5.44. The first kappa shape index (κ1) is 21.9. The summed E-state index contributed by atoms with van der Waals surface area (Å²) in [5.41, 5.74) is 1.96. The number of aryl methyl sites for hydroxylation is 1. The summed E-state index contributed by atoms with van der Waals surface area (Å²) < 4.78 is 33.5. The van der Waals surface area contributed by atoms with Crippen molar-refractivity contribution in [1.29, 1.82) is 0 Å². The zero-order valence-corrected chi connectivity index (χ0v) is 17.7. The number of carbonyl (C=O) groups excluding carboxylic acids is 2. The lowest BCUT2D eigenvalue weighted by Gasteiger charge is -2.33. The predicted octanol–water partition coefficient (Wildman–Crippen LogP) is 1.83. The Morgan fingerprint density at radius 1 is 1.17 bits per heavy atom. The summed E-state index contributed by atoms with van der Waals surface area (Å²) in [4.78, 5) is 25.4. The summed E-state index contributed by atoms with van der Waals surface area (Å²) in [7, 11) is -3.88. The number of ether oxygens (including phenoxy) is 1. The predicted molar refractivity (Wildman–Crippen MR) is 112 cm³/mol. The van der Waals surface area contributed by atoms with Gasteiger partial charge < -0.3 is 15.0 Å². The van der Waals surface area contributed by atoms with Crippen LogP contribution in [-0.2, 0) is 24.3 Å². The van der Waals surface area contributed by atoms with Gasteiger partial charge in [-0.2, -0.15) is 0 Å². The van der Waals surface area contributed by atoms with E-state index < -0.39 is 10.0 Å². The van der Waals surface area contributed by atoms with Gasteiger partial charge in [-0.1, -0.05) is 30.3 Å². The van der Waals surface area contributed by atoms with Gasteiger partial charge in [0.25, 0.3) is 0 Å². The number of nitrogens with zero attached hydrogens (tertiary/aromatic N) is 1. The second kappa shape index (κ2) is 9.38. The van der Waals surface area contributed by atoms with E-state index in [1.165, 1.54) is 19.1 Å². The summed E-state index contributed by atoms with van der Waals surface area (Å²) in [6, 6.07) is 14.1. The van der Waals surface area contributed by atoms with Crippen molar-refractivity contribution in [3.05, 3.63) is 59.7 Å². The molecule has 1 aliphatic heterocycles. The van der Waals surface area contributed by atoms with Crippen molar-refractivity contribution in [3.63, 3.8) is 0 Å². The van der Waals surface area contributed by atoms with Crippen LogP contribution in [0.15, 0.2) is 53.4 Å². The molecule has 1 heterocycles. The second-order valence-corrected chi connectivity index (χ2v) is 8.83. The van der Waals surface area contributed by atoms with Gasteiger partial charge in [-0.25, -0.2) is 13.1 Å². The summed E-state index contributed by atoms with van der Waals surface area (Å²) in [5.74, 6) is -0.552. The molecule has 0 aliphatic carbocycles. The Bertz CT molecular complexity index is 1020. The fourth-order valence-corrected chi connectivity index (χ4v) is 4.52. The number of hydrogen-bond donors (Lipinski definition) is 2. The van der Waals surface area contributed by atoms with E-state index >= 15 is 0 Å². The highest BCUT2D eigenvalue weighted by Gasteiger charge is 2.26. The number of amides is 2. The first-order valence-electron chi connectivity index (χ1n) is 9.58. The maximum Gasteiger partial charge on any atom is 0.241 e. The van der Waals surface area contributed by atoms with Crippen LogP contribution in [0, 0.1) is 6.92 Å². The summed E-state index contributed by atoms with van der Waals surface area (Å²) in [6.07, 6.45) is -0.232. The van der Waals surface area contributed by atoms with Crippen LogP contribution in [0.25, 0.3) is 0 Å². The number of anilines is 1. The standard InChI is InChI=1S/C21H25N3O5S/c1-15-12-18(23-16(2)25)8-9-20(15)30(27,28)22-13-21(26)24-10-11-29-19(14-24)17-6-4-3-5-7-17/h3-9,12,19,22H,10-11,13-14H2,1-2H3,(H,23,25)/t19-/m1/s1. The molecule has 1 saturated heterocycles. The molecule has 2 aromatic carbocycles. The molecule has 0 bridgehead atoms. The fraction of sp³-hybridized carbons (Fsp3) is 0.333. The highest BCUT2D eigenvalue weighted by atomic mass is 32.2.